The average Bonchev–Trinajstić information content (AvgIpc) is 2.70. The average molecular weight is 234 g/mol. The number of nitrogens with zero attached hydrogens (tertiary/aromatic N) is 3. The Morgan fingerprint density at radius 3 is 2.88 bits per heavy atom. The standard InChI is InChI=1S/C12H18N4O/c1-8(2)10(17)7-13-12-14-11-9(3)5-4-6-16(11)15-12/h4-6,8,10,17H,7H2,1-3H3,(H,13,15). The number of aromatic nitrogens is 3. The molecule has 2 heterocycles. The molecule has 0 spiro atoms. The molecule has 2 aromatic heterocycles. The van der Waals surface area contributed by atoms with E-state index < -0.39 is 0 Å². The van der Waals surface area contributed by atoms with Crippen LogP contribution in [0.15, 0.2) is 18.3 Å². The van der Waals surface area contributed by atoms with Crippen LogP contribution in [0.1, 0.15) is 19.4 Å². The van der Waals surface area contributed by atoms with E-state index in [0.717, 1.165) is 11.2 Å². The molecule has 2 rings (SSSR count). The second kappa shape index (κ2) is 4.71. The van der Waals surface area contributed by atoms with Crippen LogP contribution in [-0.4, -0.2) is 32.4 Å². The molecule has 0 amide bonds. The number of hydrogen-bond donors (Lipinski definition) is 2. The Hall–Kier alpha value is -1.62. The minimum absolute atomic E-state index is 0.223. The minimum Gasteiger partial charge on any atom is -0.391 e. The van der Waals surface area contributed by atoms with Gasteiger partial charge in [-0.15, -0.1) is 5.10 Å². The van der Waals surface area contributed by atoms with Gasteiger partial charge in [0.05, 0.1) is 6.10 Å². The number of rotatable bonds is 4. The summed E-state index contributed by atoms with van der Waals surface area (Å²) in [5.74, 6) is 0.778. The van der Waals surface area contributed by atoms with E-state index in [1.807, 2.05) is 39.1 Å². The highest BCUT2D eigenvalue weighted by Crippen LogP contribution is 2.10. The van der Waals surface area contributed by atoms with Gasteiger partial charge in [-0.05, 0) is 24.5 Å². The van der Waals surface area contributed by atoms with Gasteiger partial charge < -0.3 is 10.4 Å². The first-order chi connectivity index (χ1) is 8.08. The van der Waals surface area contributed by atoms with Crippen LogP contribution in [0.3, 0.4) is 0 Å². The Labute approximate surface area is 100 Å². The van der Waals surface area contributed by atoms with Crippen LogP contribution in [0.25, 0.3) is 5.65 Å². The molecule has 0 aliphatic carbocycles. The first-order valence-electron chi connectivity index (χ1n) is 5.82. The molecule has 92 valence electrons. The zero-order chi connectivity index (χ0) is 12.4. The highest BCUT2D eigenvalue weighted by atomic mass is 16.3. The molecule has 2 aromatic rings. The van der Waals surface area contributed by atoms with Crippen molar-refractivity contribution in [2.24, 2.45) is 5.92 Å². The Balaban J connectivity index is 2.12. The fourth-order valence-electron chi connectivity index (χ4n) is 1.55. The fourth-order valence-corrected chi connectivity index (χ4v) is 1.55. The second-order valence-electron chi connectivity index (χ2n) is 4.59. The number of anilines is 1. The molecule has 0 aromatic carbocycles. The van der Waals surface area contributed by atoms with E-state index >= 15 is 0 Å². The van der Waals surface area contributed by atoms with Crippen LogP contribution < -0.4 is 5.32 Å². The zero-order valence-electron chi connectivity index (χ0n) is 10.4. The van der Waals surface area contributed by atoms with E-state index in [0.29, 0.717) is 12.5 Å². The van der Waals surface area contributed by atoms with Gasteiger partial charge in [0.25, 0.3) is 0 Å². The lowest BCUT2D eigenvalue weighted by molar-refractivity contribution is 0.137. The second-order valence-corrected chi connectivity index (χ2v) is 4.59. The van der Waals surface area contributed by atoms with Gasteiger partial charge in [-0.1, -0.05) is 19.9 Å². The molecule has 0 bridgehead atoms. The molecule has 0 aliphatic heterocycles. The maximum Gasteiger partial charge on any atom is 0.243 e. The summed E-state index contributed by atoms with van der Waals surface area (Å²) in [7, 11) is 0. The normalized spacial score (nSPS) is 13.2. The van der Waals surface area contributed by atoms with E-state index in [4.69, 9.17) is 0 Å². The lowest BCUT2D eigenvalue weighted by atomic mass is 10.1. The number of nitrogens with one attached hydrogen (secondary N) is 1. The molecule has 0 saturated carbocycles. The highest BCUT2D eigenvalue weighted by Gasteiger charge is 2.10. The fraction of sp³-hybridized carbons (Fsp3) is 0.500. The number of aliphatic hydroxyl groups excluding tert-OH is 1. The molecule has 5 heteroatoms. The molecule has 1 atom stereocenters. The summed E-state index contributed by atoms with van der Waals surface area (Å²) in [6.07, 6.45) is 1.47. The van der Waals surface area contributed by atoms with Crippen LogP contribution in [-0.2, 0) is 0 Å². The Bertz CT molecular complexity index is 506. The predicted molar refractivity (Wildman–Crippen MR) is 67.1 cm³/mol. The number of pyridine rings is 1. The summed E-state index contributed by atoms with van der Waals surface area (Å²) in [4.78, 5) is 4.37. The van der Waals surface area contributed by atoms with E-state index in [1.54, 1.807) is 4.52 Å². The third-order valence-electron chi connectivity index (χ3n) is 2.80. The van der Waals surface area contributed by atoms with Gasteiger partial charge in [0.15, 0.2) is 5.65 Å². The molecule has 0 aliphatic rings. The van der Waals surface area contributed by atoms with E-state index in [2.05, 4.69) is 15.4 Å². The van der Waals surface area contributed by atoms with Crippen molar-refractivity contribution in [2.45, 2.75) is 26.9 Å². The van der Waals surface area contributed by atoms with Gasteiger partial charge in [-0.3, -0.25) is 0 Å². The lowest BCUT2D eigenvalue weighted by Crippen LogP contribution is -2.25. The van der Waals surface area contributed by atoms with Crippen molar-refractivity contribution >= 4 is 11.6 Å². The van der Waals surface area contributed by atoms with Crippen LogP contribution in [0.2, 0.25) is 0 Å². The molecular formula is C12H18N4O. The van der Waals surface area contributed by atoms with E-state index in [1.165, 1.54) is 0 Å². The van der Waals surface area contributed by atoms with Crippen LogP contribution in [0, 0.1) is 12.8 Å². The zero-order valence-corrected chi connectivity index (χ0v) is 10.4. The lowest BCUT2D eigenvalue weighted by Gasteiger charge is -2.13. The number of hydrogen-bond acceptors (Lipinski definition) is 4. The largest absolute Gasteiger partial charge is 0.391 e. The Morgan fingerprint density at radius 2 is 2.24 bits per heavy atom. The van der Waals surface area contributed by atoms with Crippen molar-refractivity contribution in [3.63, 3.8) is 0 Å². The van der Waals surface area contributed by atoms with Crippen LogP contribution in [0.4, 0.5) is 5.95 Å². The van der Waals surface area contributed by atoms with Gasteiger partial charge in [0, 0.05) is 12.7 Å². The summed E-state index contributed by atoms with van der Waals surface area (Å²) in [5.41, 5.74) is 1.92. The third-order valence-corrected chi connectivity index (χ3v) is 2.80. The monoisotopic (exact) mass is 234 g/mol. The van der Waals surface area contributed by atoms with Crippen molar-refractivity contribution in [3.8, 4) is 0 Å². The van der Waals surface area contributed by atoms with Crippen molar-refractivity contribution in [3.05, 3.63) is 23.9 Å². The highest BCUT2D eigenvalue weighted by molar-refractivity contribution is 5.49. The summed E-state index contributed by atoms with van der Waals surface area (Å²) < 4.78 is 1.74. The van der Waals surface area contributed by atoms with Gasteiger partial charge >= 0.3 is 0 Å². The smallest absolute Gasteiger partial charge is 0.243 e. The summed E-state index contributed by atoms with van der Waals surface area (Å²) in [5, 5.41) is 17.0. The molecule has 0 fully saturated rings. The topological polar surface area (TPSA) is 62.5 Å². The molecular weight excluding hydrogens is 216 g/mol. The van der Waals surface area contributed by atoms with Gasteiger partial charge in [-0.25, -0.2) is 4.52 Å². The van der Waals surface area contributed by atoms with Crippen molar-refractivity contribution in [1.29, 1.82) is 0 Å². The molecule has 17 heavy (non-hydrogen) atoms. The maximum atomic E-state index is 9.69. The molecule has 0 saturated heterocycles. The quantitative estimate of drug-likeness (QED) is 0.841. The third kappa shape index (κ3) is 2.55. The number of fused-ring (bicyclic) bond motifs is 1. The van der Waals surface area contributed by atoms with Crippen molar-refractivity contribution < 1.29 is 5.11 Å². The summed E-state index contributed by atoms with van der Waals surface area (Å²) >= 11 is 0. The SMILES string of the molecule is Cc1cccn2nc(NCC(O)C(C)C)nc12. The Morgan fingerprint density at radius 1 is 1.47 bits per heavy atom. The maximum absolute atomic E-state index is 9.69. The molecule has 0 radical (unpaired) electrons. The molecule has 2 N–H and O–H groups in total. The summed E-state index contributed by atoms with van der Waals surface area (Å²) in [6.45, 7) is 6.42. The number of aryl methyl sites for hydroxylation is 1. The van der Waals surface area contributed by atoms with Crippen molar-refractivity contribution in [1.82, 2.24) is 14.6 Å². The Kier molecular flexibility index (Phi) is 3.28. The van der Waals surface area contributed by atoms with Crippen LogP contribution >= 0.6 is 0 Å². The first-order valence-corrected chi connectivity index (χ1v) is 5.82. The number of aliphatic hydroxyl groups is 1. The minimum atomic E-state index is -0.386. The van der Waals surface area contributed by atoms with Gasteiger partial charge in [0.2, 0.25) is 5.95 Å². The predicted octanol–water partition coefficient (Wildman–Crippen LogP) is 1.47. The van der Waals surface area contributed by atoms with E-state index in [9.17, 15) is 5.11 Å². The molecule has 5 nitrogen and oxygen atoms in total. The van der Waals surface area contributed by atoms with Crippen LogP contribution in [0.5, 0.6) is 0 Å². The first kappa shape index (κ1) is 11.9. The molecule has 1 unspecified atom stereocenters. The van der Waals surface area contributed by atoms with Crippen molar-refractivity contribution in [2.75, 3.05) is 11.9 Å². The summed E-state index contributed by atoms with van der Waals surface area (Å²) in [6, 6.07) is 3.93. The van der Waals surface area contributed by atoms with Gasteiger partial charge in [-0.2, -0.15) is 4.98 Å². The van der Waals surface area contributed by atoms with E-state index in [-0.39, 0.29) is 12.0 Å². The van der Waals surface area contributed by atoms with Gasteiger partial charge in [0.1, 0.15) is 0 Å².